The van der Waals surface area contributed by atoms with Crippen molar-refractivity contribution in [3.05, 3.63) is 0 Å². The Kier molecular flexibility index (Phi) is 6.44. The molecule has 3 nitrogen and oxygen atoms in total. The second-order valence-corrected chi connectivity index (χ2v) is 4.83. The third kappa shape index (κ3) is 4.51. The Morgan fingerprint density at radius 2 is 2.12 bits per heavy atom. The van der Waals surface area contributed by atoms with E-state index in [9.17, 15) is 0 Å². The number of likely N-dealkylation sites (N-methyl/N-ethyl adjacent to an activating group) is 1. The third-order valence-electron chi connectivity index (χ3n) is 3.48. The molecule has 0 aromatic rings. The normalized spacial score (nSPS) is 23.9. The van der Waals surface area contributed by atoms with Crippen molar-refractivity contribution in [2.75, 3.05) is 33.2 Å². The average molecular weight is 223 g/mol. The standard InChI is InChI=1S/C13H25N3/c1-3-13-12-15(2)9-7-11-16(13)10-6-4-5-8-14/h13H,3-7,9-12H2,1-2H3. The highest BCUT2D eigenvalue weighted by molar-refractivity contribution is 4.78. The van der Waals surface area contributed by atoms with Crippen LogP contribution >= 0.6 is 0 Å². The zero-order chi connectivity index (χ0) is 11.8. The van der Waals surface area contributed by atoms with Crippen LogP contribution in [0.3, 0.4) is 0 Å². The van der Waals surface area contributed by atoms with Gasteiger partial charge < -0.3 is 4.90 Å². The van der Waals surface area contributed by atoms with E-state index in [0.717, 1.165) is 12.5 Å². The third-order valence-corrected chi connectivity index (χ3v) is 3.48. The molecule has 1 heterocycles. The lowest BCUT2D eigenvalue weighted by atomic mass is 10.1. The lowest BCUT2D eigenvalue weighted by Crippen LogP contribution is -2.40. The summed E-state index contributed by atoms with van der Waals surface area (Å²) < 4.78 is 0. The number of unbranched alkanes of at least 4 members (excludes halogenated alkanes) is 2. The van der Waals surface area contributed by atoms with Gasteiger partial charge in [0, 0.05) is 19.0 Å². The Balaban J connectivity index is 2.33. The molecule has 1 saturated heterocycles. The van der Waals surface area contributed by atoms with E-state index in [0.29, 0.717) is 6.42 Å². The smallest absolute Gasteiger partial charge is 0.0621 e. The zero-order valence-corrected chi connectivity index (χ0v) is 10.8. The van der Waals surface area contributed by atoms with Crippen LogP contribution in [-0.4, -0.2) is 49.1 Å². The predicted molar refractivity (Wildman–Crippen MR) is 67.2 cm³/mol. The van der Waals surface area contributed by atoms with Crippen molar-refractivity contribution in [1.29, 1.82) is 5.26 Å². The Labute approximate surface area is 100 Å². The summed E-state index contributed by atoms with van der Waals surface area (Å²) in [4.78, 5) is 5.07. The fourth-order valence-corrected chi connectivity index (χ4v) is 2.49. The average Bonchev–Trinajstić information content (AvgIpc) is 2.46. The maximum Gasteiger partial charge on any atom is 0.0621 e. The van der Waals surface area contributed by atoms with E-state index in [1.165, 1.54) is 45.4 Å². The number of nitriles is 1. The van der Waals surface area contributed by atoms with E-state index in [1.54, 1.807) is 0 Å². The molecule has 0 N–H and O–H groups in total. The quantitative estimate of drug-likeness (QED) is 0.669. The van der Waals surface area contributed by atoms with Gasteiger partial charge in [-0.1, -0.05) is 6.92 Å². The van der Waals surface area contributed by atoms with Gasteiger partial charge >= 0.3 is 0 Å². The zero-order valence-electron chi connectivity index (χ0n) is 10.8. The van der Waals surface area contributed by atoms with Crippen LogP contribution in [0.2, 0.25) is 0 Å². The van der Waals surface area contributed by atoms with Crippen LogP contribution in [0.15, 0.2) is 0 Å². The van der Waals surface area contributed by atoms with Crippen molar-refractivity contribution in [1.82, 2.24) is 9.80 Å². The molecule has 1 atom stereocenters. The second-order valence-electron chi connectivity index (χ2n) is 4.83. The molecule has 92 valence electrons. The predicted octanol–water partition coefficient (Wildman–Crippen LogP) is 2.10. The van der Waals surface area contributed by atoms with E-state index < -0.39 is 0 Å². The summed E-state index contributed by atoms with van der Waals surface area (Å²) in [6.07, 6.45) is 5.46. The molecule has 1 rings (SSSR count). The van der Waals surface area contributed by atoms with Gasteiger partial charge in [0.1, 0.15) is 0 Å². The highest BCUT2D eigenvalue weighted by atomic mass is 15.2. The molecular weight excluding hydrogens is 198 g/mol. The lowest BCUT2D eigenvalue weighted by Gasteiger charge is -2.30. The Hall–Kier alpha value is -0.590. The minimum atomic E-state index is 0.713. The number of nitrogens with zero attached hydrogens (tertiary/aromatic N) is 3. The van der Waals surface area contributed by atoms with Gasteiger partial charge in [0.25, 0.3) is 0 Å². The van der Waals surface area contributed by atoms with Gasteiger partial charge in [0.05, 0.1) is 6.07 Å². The molecule has 0 aliphatic carbocycles. The van der Waals surface area contributed by atoms with Crippen LogP contribution in [0, 0.1) is 11.3 Å². The maximum atomic E-state index is 8.51. The largest absolute Gasteiger partial charge is 0.305 e. The number of hydrogen-bond donors (Lipinski definition) is 0. The first-order valence-electron chi connectivity index (χ1n) is 6.57. The summed E-state index contributed by atoms with van der Waals surface area (Å²) >= 11 is 0. The summed E-state index contributed by atoms with van der Waals surface area (Å²) in [7, 11) is 2.22. The van der Waals surface area contributed by atoms with Crippen molar-refractivity contribution < 1.29 is 0 Å². The summed E-state index contributed by atoms with van der Waals surface area (Å²) in [5.41, 5.74) is 0. The van der Waals surface area contributed by atoms with Crippen molar-refractivity contribution in [3.8, 4) is 6.07 Å². The van der Waals surface area contributed by atoms with Gasteiger partial charge in [-0.3, -0.25) is 4.90 Å². The summed E-state index contributed by atoms with van der Waals surface area (Å²) in [5.74, 6) is 0. The fourth-order valence-electron chi connectivity index (χ4n) is 2.49. The van der Waals surface area contributed by atoms with Crippen LogP contribution in [0.1, 0.15) is 39.0 Å². The van der Waals surface area contributed by atoms with E-state index in [4.69, 9.17) is 5.26 Å². The van der Waals surface area contributed by atoms with Gasteiger partial charge in [-0.25, -0.2) is 0 Å². The molecular formula is C13H25N3. The molecule has 0 amide bonds. The van der Waals surface area contributed by atoms with Crippen molar-refractivity contribution in [2.45, 2.75) is 45.1 Å². The minimum Gasteiger partial charge on any atom is -0.305 e. The van der Waals surface area contributed by atoms with Crippen LogP contribution < -0.4 is 0 Å². The topological polar surface area (TPSA) is 30.3 Å². The number of hydrogen-bond acceptors (Lipinski definition) is 3. The Bertz CT molecular complexity index is 222. The van der Waals surface area contributed by atoms with Crippen LogP contribution in [0.4, 0.5) is 0 Å². The van der Waals surface area contributed by atoms with Crippen LogP contribution in [0.25, 0.3) is 0 Å². The molecule has 0 spiro atoms. The van der Waals surface area contributed by atoms with Crippen LogP contribution in [-0.2, 0) is 0 Å². The first-order chi connectivity index (χ1) is 7.77. The minimum absolute atomic E-state index is 0.713. The molecule has 0 aromatic carbocycles. The van der Waals surface area contributed by atoms with Crippen molar-refractivity contribution >= 4 is 0 Å². The van der Waals surface area contributed by atoms with Crippen molar-refractivity contribution in [3.63, 3.8) is 0 Å². The molecule has 0 radical (unpaired) electrons. The first kappa shape index (κ1) is 13.5. The lowest BCUT2D eigenvalue weighted by molar-refractivity contribution is 0.181. The van der Waals surface area contributed by atoms with E-state index in [1.807, 2.05) is 0 Å². The maximum absolute atomic E-state index is 8.51. The molecule has 1 aliphatic rings. The second kappa shape index (κ2) is 7.65. The van der Waals surface area contributed by atoms with Gasteiger partial charge in [-0.05, 0) is 52.4 Å². The highest BCUT2D eigenvalue weighted by Crippen LogP contribution is 2.13. The monoisotopic (exact) mass is 223 g/mol. The highest BCUT2D eigenvalue weighted by Gasteiger charge is 2.20. The van der Waals surface area contributed by atoms with Gasteiger partial charge in [-0.15, -0.1) is 0 Å². The molecule has 0 bridgehead atoms. The Morgan fingerprint density at radius 3 is 2.81 bits per heavy atom. The van der Waals surface area contributed by atoms with E-state index in [-0.39, 0.29) is 0 Å². The van der Waals surface area contributed by atoms with Crippen molar-refractivity contribution in [2.24, 2.45) is 0 Å². The molecule has 16 heavy (non-hydrogen) atoms. The SMILES string of the molecule is CCC1CN(C)CCCN1CCCCC#N. The van der Waals surface area contributed by atoms with Gasteiger partial charge in [-0.2, -0.15) is 5.26 Å². The first-order valence-corrected chi connectivity index (χ1v) is 6.57. The summed E-state index contributed by atoms with van der Waals surface area (Å²) in [6.45, 7) is 7.12. The molecule has 1 fully saturated rings. The Morgan fingerprint density at radius 1 is 1.31 bits per heavy atom. The molecule has 0 saturated carbocycles. The molecule has 0 aromatic heterocycles. The number of rotatable bonds is 5. The van der Waals surface area contributed by atoms with E-state index >= 15 is 0 Å². The summed E-state index contributed by atoms with van der Waals surface area (Å²) in [5, 5.41) is 8.51. The molecule has 1 unspecified atom stereocenters. The fraction of sp³-hybridized carbons (Fsp3) is 0.923. The molecule has 1 aliphatic heterocycles. The molecule has 3 heteroatoms. The summed E-state index contributed by atoms with van der Waals surface area (Å²) in [6, 6.07) is 2.94. The van der Waals surface area contributed by atoms with E-state index in [2.05, 4.69) is 29.8 Å². The van der Waals surface area contributed by atoms with Gasteiger partial charge in [0.15, 0.2) is 0 Å². The van der Waals surface area contributed by atoms with Gasteiger partial charge in [0.2, 0.25) is 0 Å². The van der Waals surface area contributed by atoms with Crippen LogP contribution in [0.5, 0.6) is 0 Å².